The van der Waals surface area contributed by atoms with E-state index in [-0.39, 0.29) is 5.92 Å². The summed E-state index contributed by atoms with van der Waals surface area (Å²) in [6.45, 7) is 4.24. The van der Waals surface area contributed by atoms with Crippen LogP contribution in [0.2, 0.25) is 5.02 Å². The number of nitrogens with zero attached hydrogens (tertiary/aromatic N) is 3. The summed E-state index contributed by atoms with van der Waals surface area (Å²) in [5, 5.41) is 14.0. The van der Waals surface area contributed by atoms with Crippen molar-refractivity contribution in [2.45, 2.75) is 26.3 Å². The van der Waals surface area contributed by atoms with Gasteiger partial charge in [-0.3, -0.25) is 14.4 Å². The first kappa shape index (κ1) is 13.4. The molecule has 18 heavy (non-hydrogen) atoms. The van der Waals surface area contributed by atoms with Gasteiger partial charge in [-0.2, -0.15) is 5.10 Å². The van der Waals surface area contributed by atoms with Crippen molar-refractivity contribution in [3.05, 3.63) is 16.4 Å². The molecule has 0 aliphatic carbocycles. The molecule has 2 rings (SSSR count). The highest BCUT2D eigenvalue weighted by Gasteiger charge is 2.25. The number of halogens is 1. The van der Waals surface area contributed by atoms with Crippen LogP contribution >= 0.6 is 11.6 Å². The Kier molecular flexibility index (Phi) is 3.92. The number of aliphatic carboxylic acids is 1. The molecule has 0 saturated carbocycles. The number of piperidine rings is 1. The van der Waals surface area contributed by atoms with Crippen LogP contribution in [-0.4, -0.2) is 38.8 Å². The average Bonchev–Trinajstić information content (AvgIpc) is 2.57. The van der Waals surface area contributed by atoms with Gasteiger partial charge in [-0.1, -0.05) is 11.6 Å². The van der Waals surface area contributed by atoms with Crippen LogP contribution < -0.4 is 0 Å². The molecule has 2 heterocycles. The normalized spacial score (nSPS) is 18.2. The highest BCUT2D eigenvalue weighted by atomic mass is 35.5. The van der Waals surface area contributed by atoms with Crippen molar-refractivity contribution in [2.75, 3.05) is 13.1 Å². The molecule has 1 aliphatic heterocycles. The van der Waals surface area contributed by atoms with E-state index < -0.39 is 5.97 Å². The first-order chi connectivity index (χ1) is 8.49. The monoisotopic (exact) mass is 271 g/mol. The van der Waals surface area contributed by atoms with Crippen molar-refractivity contribution in [2.24, 2.45) is 13.0 Å². The molecule has 0 radical (unpaired) electrons. The third-order valence-electron chi connectivity index (χ3n) is 3.57. The van der Waals surface area contributed by atoms with E-state index in [0.29, 0.717) is 12.8 Å². The van der Waals surface area contributed by atoms with Crippen molar-refractivity contribution in [1.82, 2.24) is 14.7 Å². The van der Waals surface area contributed by atoms with E-state index in [9.17, 15) is 4.79 Å². The first-order valence-corrected chi connectivity index (χ1v) is 6.50. The lowest BCUT2D eigenvalue weighted by Crippen LogP contribution is -2.36. The second-order valence-corrected chi connectivity index (χ2v) is 5.24. The molecule has 1 N–H and O–H groups in total. The zero-order valence-corrected chi connectivity index (χ0v) is 11.4. The number of carboxylic acids is 1. The lowest BCUT2D eigenvalue weighted by atomic mass is 9.97. The maximum atomic E-state index is 10.9. The van der Waals surface area contributed by atoms with Crippen LogP contribution in [0.15, 0.2) is 0 Å². The van der Waals surface area contributed by atoms with Crippen molar-refractivity contribution in [3.8, 4) is 0 Å². The highest BCUT2D eigenvalue weighted by molar-refractivity contribution is 6.31. The van der Waals surface area contributed by atoms with Gasteiger partial charge in [-0.05, 0) is 32.9 Å². The van der Waals surface area contributed by atoms with Crippen molar-refractivity contribution < 1.29 is 9.90 Å². The summed E-state index contributed by atoms with van der Waals surface area (Å²) >= 11 is 6.21. The van der Waals surface area contributed by atoms with Crippen molar-refractivity contribution in [3.63, 3.8) is 0 Å². The molecule has 0 amide bonds. The van der Waals surface area contributed by atoms with E-state index in [1.165, 1.54) is 0 Å². The van der Waals surface area contributed by atoms with E-state index in [4.69, 9.17) is 16.7 Å². The Labute approximate surface area is 111 Å². The molecular formula is C12H18ClN3O2. The number of aromatic nitrogens is 2. The molecule has 1 aliphatic rings. The van der Waals surface area contributed by atoms with E-state index in [1.807, 2.05) is 14.0 Å². The minimum atomic E-state index is -0.677. The van der Waals surface area contributed by atoms with Crippen LogP contribution in [0, 0.1) is 12.8 Å². The molecule has 1 aromatic rings. The lowest BCUT2D eigenvalue weighted by Gasteiger charge is -2.29. The SMILES string of the molecule is Cc1nn(C)c(CN2CCC(C(=O)O)CC2)c1Cl. The Balaban J connectivity index is 1.97. The molecule has 0 atom stereocenters. The molecule has 0 bridgehead atoms. The number of hydrogen-bond donors (Lipinski definition) is 1. The smallest absolute Gasteiger partial charge is 0.306 e. The molecule has 5 nitrogen and oxygen atoms in total. The number of carbonyl (C=O) groups is 1. The number of aryl methyl sites for hydroxylation is 2. The summed E-state index contributed by atoms with van der Waals surface area (Å²) in [7, 11) is 1.89. The van der Waals surface area contributed by atoms with Gasteiger partial charge in [0.1, 0.15) is 0 Å². The Morgan fingerprint density at radius 3 is 2.56 bits per heavy atom. The zero-order valence-electron chi connectivity index (χ0n) is 10.7. The summed E-state index contributed by atoms with van der Waals surface area (Å²) in [5.74, 6) is -0.867. The van der Waals surface area contributed by atoms with Crippen molar-refractivity contribution in [1.29, 1.82) is 0 Å². The predicted octanol–water partition coefficient (Wildman–Crippen LogP) is 1.68. The Hall–Kier alpha value is -1.07. The van der Waals surface area contributed by atoms with Gasteiger partial charge in [0.25, 0.3) is 0 Å². The Morgan fingerprint density at radius 2 is 2.11 bits per heavy atom. The van der Waals surface area contributed by atoms with Crippen LogP contribution in [-0.2, 0) is 18.4 Å². The largest absolute Gasteiger partial charge is 0.481 e. The van der Waals surface area contributed by atoms with Gasteiger partial charge in [-0.15, -0.1) is 0 Å². The van der Waals surface area contributed by atoms with Crippen LogP contribution in [0.3, 0.4) is 0 Å². The summed E-state index contributed by atoms with van der Waals surface area (Å²) in [5.41, 5.74) is 1.84. The van der Waals surface area contributed by atoms with Crippen LogP contribution in [0.5, 0.6) is 0 Å². The molecule has 1 saturated heterocycles. The molecule has 1 fully saturated rings. The van der Waals surface area contributed by atoms with Gasteiger partial charge in [0.15, 0.2) is 0 Å². The average molecular weight is 272 g/mol. The standard InChI is InChI=1S/C12H18ClN3O2/c1-8-11(13)10(15(2)14-8)7-16-5-3-9(4-6-16)12(17)18/h9H,3-7H2,1-2H3,(H,17,18). The summed E-state index contributed by atoms with van der Waals surface area (Å²) in [4.78, 5) is 13.1. The molecular weight excluding hydrogens is 254 g/mol. The Morgan fingerprint density at radius 1 is 1.50 bits per heavy atom. The minimum Gasteiger partial charge on any atom is -0.481 e. The summed E-state index contributed by atoms with van der Waals surface area (Å²) in [6, 6.07) is 0. The third kappa shape index (κ3) is 2.67. The second kappa shape index (κ2) is 5.28. The number of carboxylic acid groups (broad SMARTS) is 1. The van der Waals surface area contributed by atoms with Gasteiger partial charge in [0.2, 0.25) is 0 Å². The third-order valence-corrected chi connectivity index (χ3v) is 4.06. The molecule has 1 aromatic heterocycles. The maximum absolute atomic E-state index is 10.9. The van der Waals surface area contributed by atoms with Gasteiger partial charge in [0, 0.05) is 13.6 Å². The van der Waals surface area contributed by atoms with Crippen LogP contribution in [0.4, 0.5) is 0 Å². The maximum Gasteiger partial charge on any atom is 0.306 e. The van der Waals surface area contributed by atoms with E-state index in [1.54, 1.807) is 4.68 Å². The number of rotatable bonds is 3. The molecule has 0 aromatic carbocycles. The number of likely N-dealkylation sites (tertiary alicyclic amines) is 1. The fourth-order valence-corrected chi connectivity index (χ4v) is 2.62. The second-order valence-electron chi connectivity index (χ2n) is 4.86. The topological polar surface area (TPSA) is 58.4 Å². The summed E-state index contributed by atoms with van der Waals surface area (Å²) < 4.78 is 1.81. The highest BCUT2D eigenvalue weighted by Crippen LogP contribution is 2.24. The Bertz CT molecular complexity index is 450. The van der Waals surface area contributed by atoms with Gasteiger partial charge >= 0.3 is 5.97 Å². The molecule has 0 unspecified atom stereocenters. The van der Waals surface area contributed by atoms with Gasteiger partial charge in [-0.25, -0.2) is 0 Å². The van der Waals surface area contributed by atoms with Crippen molar-refractivity contribution >= 4 is 17.6 Å². The van der Waals surface area contributed by atoms with E-state index in [0.717, 1.165) is 36.0 Å². The number of hydrogen-bond acceptors (Lipinski definition) is 3. The fraction of sp³-hybridized carbons (Fsp3) is 0.667. The summed E-state index contributed by atoms with van der Waals surface area (Å²) in [6.07, 6.45) is 1.42. The molecule has 100 valence electrons. The van der Waals surface area contributed by atoms with Gasteiger partial charge < -0.3 is 5.11 Å². The van der Waals surface area contributed by atoms with Gasteiger partial charge in [0.05, 0.1) is 22.3 Å². The van der Waals surface area contributed by atoms with E-state index >= 15 is 0 Å². The molecule has 6 heteroatoms. The van der Waals surface area contributed by atoms with E-state index in [2.05, 4.69) is 10.00 Å². The van der Waals surface area contributed by atoms with Crippen LogP contribution in [0.25, 0.3) is 0 Å². The molecule has 0 spiro atoms. The minimum absolute atomic E-state index is 0.190. The zero-order chi connectivity index (χ0) is 13.3. The lowest BCUT2D eigenvalue weighted by molar-refractivity contribution is -0.143. The first-order valence-electron chi connectivity index (χ1n) is 6.12. The quantitative estimate of drug-likeness (QED) is 0.909. The fourth-order valence-electron chi connectivity index (χ4n) is 2.40. The van der Waals surface area contributed by atoms with Crippen LogP contribution in [0.1, 0.15) is 24.2 Å². The predicted molar refractivity (Wildman–Crippen MR) is 68.6 cm³/mol.